The molecule has 0 atom stereocenters. The first-order chi connectivity index (χ1) is 8.76. The van der Waals surface area contributed by atoms with Gasteiger partial charge in [-0.05, 0) is 24.1 Å². The number of aliphatic hydroxyl groups excluding tert-OH is 2. The van der Waals surface area contributed by atoms with Crippen LogP contribution in [0.2, 0.25) is 0 Å². The molecule has 0 unspecified atom stereocenters. The van der Waals surface area contributed by atoms with Crippen molar-refractivity contribution in [2.45, 2.75) is 26.4 Å². The first kappa shape index (κ1) is 14.5. The second-order valence-electron chi connectivity index (χ2n) is 4.19. The fourth-order valence-corrected chi connectivity index (χ4v) is 1.87. The second-order valence-corrected chi connectivity index (χ2v) is 4.19. The number of hydrogen-bond donors (Lipinski definition) is 2. The van der Waals surface area contributed by atoms with Gasteiger partial charge in [-0.3, -0.25) is 0 Å². The minimum Gasteiger partial charge on any atom is -0.395 e. The Morgan fingerprint density at radius 2 is 2.06 bits per heavy atom. The van der Waals surface area contributed by atoms with E-state index in [0.29, 0.717) is 12.1 Å². The predicted molar refractivity (Wildman–Crippen MR) is 71.3 cm³/mol. The minimum atomic E-state index is -0.0656. The monoisotopic (exact) mass is 248 g/mol. The molecule has 0 heterocycles. The lowest BCUT2D eigenvalue weighted by molar-refractivity contribution is 0.282. The van der Waals surface area contributed by atoms with Gasteiger partial charge in [0.2, 0.25) is 0 Å². The number of nitriles is 1. The van der Waals surface area contributed by atoms with Crippen molar-refractivity contribution < 1.29 is 10.2 Å². The molecule has 0 radical (unpaired) electrons. The van der Waals surface area contributed by atoms with Gasteiger partial charge in [-0.2, -0.15) is 5.26 Å². The van der Waals surface area contributed by atoms with Gasteiger partial charge in [0.25, 0.3) is 0 Å². The number of nitrogens with zero attached hydrogens (tertiary/aromatic N) is 2. The zero-order valence-electron chi connectivity index (χ0n) is 10.8. The molecule has 0 saturated carbocycles. The fraction of sp³-hybridized carbons (Fsp3) is 0.500. The molecule has 18 heavy (non-hydrogen) atoms. The van der Waals surface area contributed by atoms with Gasteiger partial charge in [0, 0.05) is 13.1 Å². The van der Waals surface area contributed by atoms with Gasteiger partial charge in [-0.25, -0.2) is 0 Å². The smallest absolute Gasteiger partial charge is 0.101 e. The Bertz CT molecular complexity index is 413. The van der Waals surface area contributed by atoms with E-state index in [1.165, 1.54) is 0 Å². The maximum atomic E-state index is 9.16. The van der Waals surface area contributed by atoms with E-state index in [1.807, 2.05) is 17.0 Å². The first-order valence-electron chi connectivity index (χ1n) is 6.26. The molecule has 0 aliphatic rings. The van der Waals surface area contributed by atoms with Crippen LogP contribution in [0.4, 0.5) is 5.69 Å². The topological polar surface area (TPSA) is 67.5 Å². The van der Waals surface area contributed by atoms with E-state index < -0.39 is 0 Å². The summed E-state index contributed by atoms with van der Waals surface area (Å²) in [7, 11) is 0. The average molecular weight is 248 g/mol. The van der Waals surface area contributed by atoms with Crippen molar-refractivity contribution in [1.29, 1.82) is 5.26 Å². The van der Waals surface area contributed by atoms with Crippen LogP contribution < -0.4 is 4.90 Å². The number of hydrogen-bond acceptors (Lipinski definition) is 4. The summed E-state index contributed by atoms with van der Waals surface area (Å²) in [6, 6.07) is 7.51. The van der Waals surface area contributed by atoms with E-state index in [2.05, 4.69) is 13.0 Å². The molecule has 0 aliphatic carbocycles. The summed E-state index contributed by atoms with van der Waals surface area (Å²) >= 11 is 0. The lowest BCUT2D eigenvalue weighted by Crippen LogP contribution is -2.28. The van der Waals surface area contributed by atoms with Crippen molar-refractivity contribution in [3.8, 4) is 6.07 Å². The molecule has 0 bridgehead atoms. The highest BCUT2D eigenvalue weighted by molar-refractivity contribution is 5.60. The highest BCUT2D eigenvalue weighted by Gasteiger charge is 2.11. The van der Waals surface area contributed by atoms with Crippen molar-refractivity contribution in [2.75, 3.05) is 24.6 Å². The predicted octanol–water partition coefficient (Wildman–Crippen LogP) is 1.65. The molecule has 98 valence electrons. The Labute approximate surface area is 108 Å². The molecule has 1 aromatic rings. The maximum absolute atomic E-state index is 9.16. The third-order valence-corrected chi connectivity index (χ3v) is 2.86. The third-order valence-electron chi connectivity index (χ3n) is 2.86. The van der Waals surface area contributed by atoms with Gasteiger partial charge in [-0.15, -0.1) is 0 Å². The maximum Gasteiger partial charge on any atom is 0.101 e. The van der Waals surface area contributed by atoms with Crippen LogP contribution in [-0.4, -0.2) is 29.9 Å². The van der Waals surface area contributed by atoms with Gasteiger partial charge in [0.1, 0.15) is 6.07 Å². The fourth-order valence-electron chi connectivity index (χ4n) is 1.87. The van der Waals surface area contributed by atoms with Gasteiger partial charge in [0.15, 0.2) is 0 Å². The van der Waals surface area contributed by atoms with Crippen molar-refractivity contribution in [1.82, 2.24) is 0 Å². The molecule has 0 aromatic heterocycles. The van der Waals surface area contributed by atoms with Crippen LogP contribution in [0.5, 0.6) is 0 Å². The van der Waals surface area contributed by atoms with Crippen LogP contribution in [0.15, 0.2) is 18.2 Å². The Kier molecular flexibility index (Phi) is 6.20. The normalized spacial score (nSPS) is 10.1. The van der Waals surface area contributed by atoms with Crippen LogP contribution in [-0.2, 0) is 6.61 Å². The Balaban J connectivity index is 2.99. The number of rotatable bonds is 7. The third kappa shape index (κ3) is 3.73. The van der Waals surface area contributed by atoms with E-state index in [9.17, 15) is 0 Å². The molecule has 4 nitrogen and oxygen atoms in total. The lowest BCUT2D eigenvalue weighted by atomic mass is 10.1. The number of anilines is 1. The number of aliphatic hydroxyl groups is 2. The SMILES string of the molecule is CCCCN(CCO)c1ccc(CO)cc1C#N. The standard InChI is InChI=1S/C14H20N2O2/c1-2-3-6-16(7-8-17)14-5-4-12(11-18)9-13(14)10-15/h4-5,9,17-18H,2-3,6-8,11H2,1H3. The van der Waals surface area contributed by atoms with Crippen molar-refractivity contribution >= 4 is 5.69 Å². The Hall–Kier alpha value is -1.57. The zero-order chi connectivity index (χ0) is 13.4. The molecule has 0 fully saturated rings. The van der Waals surface area contributed by atoms with Crippen LogP contribution in [0.3, 0.4) is 0 Å². The van der Waals surface area contributed by atoms with Gasteiger partial charge < -0.3 is 15.1 Å². The van der Waals surface area contributed by atoms with Crippen LogP contribution in [0.25, 0.3) is 0 Å². The van der Waals surface area contributed by atoms with Crippen LogP contribution in [0.1, 0.15) is 30.9 Å². The minimum absolute atomic E-state index is 0.0656. The second kappa shape index (κ2) is 7.70. The molecular formula is C14H20N2O2. The molecule has 0 amide bonds. The molecule has 4 heteroatoms. The van der Waals surface area contributed by atoms with E-state index in [1.54, 1.807) is 6.07 Å². The average Bonchev–Trinajstić information content (AvgIpc) is 2.42. The molecule has 1 aromatic carbocycles. The number of unbranched alkanes of at least 4 members (excludes halogenated alkanes) is 1. The van der Waals surface area contributed by atoms with Crippen LogP contribution in [0, 0.1) is 11.3 Å². The molecule has 1 rings (SSSR count). The largest absolute Gasteiger partial charge is 0.395 e. The molecule has 0 spiro atoms. The summed E-state index contributed by atoms with van der Waals surface area (Å²) in [6.07, 6.45) is 2.09. The summed E-state index contributed by atoms with van der Waals surface area (Å²) in [5.74, 6) is 0. The zero-order valence-corrected chi connectivity index (χ0v) is 10.8. The molecular weight excluding hydrogens is 228 g/mol. The van der Waals surface area contributed by atoms with Crippen LogP contribution >= 0.6 is 0 Å². The summed E-state index contributed by atoms with van der Waals surface area (Å²) < 4.78 is 0. The lowest BCUT2D eigenvalue weighted by Gasteiger charge is -2.25. The summed E-state index contributed by atoms with van der Waals surface area (Å²) in [5.41, 5.74) is 2.11. The van der Waals surface area contributed by atoms with E-state index >= 15 is 0 Å². The molecule has 0 aliphatic heterocycles. The number of benzene rings is 1. The summed E-state index contributed by atoms with van der Waals surface area (Å²) in [6.45, 7) is 3.45. The quantitative estimate of drug-likeness (QED) is 0.770. The van der Waals surface area contributed by atoms with Gasteiger partial charge in [-0.1, -0.05) is 19.4 Å². The highest BCUT2D eigenvalue weighted by Crippen LogP contribution is 2.22. The molecule has 0 saturated heterocycles. The van der Waals surface area contributed by atoms with E-state index in [-0.39, 0.29) is 13.2 Å². The first-order valence-corrected chi connectivity index (χ1v) is 6.26. The van der Waals surface area contributed by atoms with Gasteiger partial charge >= 0.3 is 0 Å². The highest BCUT2D eigenvalue weighted by atomic mass is 16.3. The molecule has 2 N–H and O–H groups in total. The van der Waals surface area contributed by atoms with Gasteiger partial charge in [0.05, 0.1) is 24.5 Å². The van der Waals surface area contributed by atoms with E-state index in [4.69, 9.17) is 15.5 Å². The summed E-state index contributed by atoms with van der Waals surface area (Å²) in [5, 5.41) is 27.3. The summed E-state index contributed by atoms with van der Waals surface area (Å²) in [4.78, 5) is 2.02. The van der Waals surface area contributed by atoms with Crippen molar-refractivity contribution in [2.24, 2.45) is 0 Å². The Morgan fingerprint density at radius 3 is 2.61 bits per heavy atom. The van der Waals surface area contributed by atoms with E-state index in [0.717, 1.165) is 30.6 Å². The van der Waals surface area contributed by atoms with Crippen molar-refractivity contribution in [3.05, 3.63) is 29.3 Å². The van der Waals surface area contributed by atoms with Crippen molar-refractivity contribution in [3.63, 3.8) is 0 Å². The Morgan fingerprint density at radius 1 is 1.28 bits per heavy atom.